The number of imidazole rings is 2. The van der Waals surface area contributed by atoms with Gasteiger partial charge in [-0.15, -0.1) is 0 Å². The molecule has 584 valence electrons. The smallest absolute Gasteiger partial charge is 0.408 e. The van der Waals surface area contributed by atoms with Crippen molar-refractivity contribution in [1.29, 1.82) is 0 Å². The lowest BCUT2D eigenvalue weighted by Gasteiger charge is -2.38. The topological polar surface area (TPSA) is 280 Å². The minimum atomic E-state index is -2.24. The summed E-state index contributed by atoms with van der Waals surface area (Å²) in [6, 6.07) is 65.9. The Morgan fingerprint density at radius 3 is 1.13 bits per heavy atom. The van der Waals surface area contributed by atoms with Crippen molar-refractivity contribution in [2.24, 2.45) is 0 Å². The van der Waals surface area contributed by atoms with Crippen LogP contribution in [0.4, 0.5) is 4.79 Å². The Bertz CT molecular complexity index is 4590. The number of methoxy groups -OCH3 is 1. The van der Waals surface area contributed by atoms with Gasteiger partial charge in [-0.25, -0.2) is 14.8 Å². The van der Waals surface area contributed by atoms with Crippen LogP contribution in [-0.4, -0.2) is 165 Å². The molecule has 2 aromatic heterocycles. The Labute approximate surface area is 650 Å². The molecule has 15 rings (SSSR count). The molecule has 0 aliphatic carbocycles. The number of amides is 4. The molecule has 7 aromatic carbocycles. The van der Waals surface area contributed by atoms with Crippen LogP contribution < -0.4 is 21.3 Å². The Morgan fingerprint density at radius 1 is 0.438 bits per heavy atom. The number of hydrogen-bond acceptors (Lipinski definition) is 19. The minimum absolute atomic E-state index is 0.00806. The van der Waals surface area contributed by atoms with Gasteiger partial charge in [0.1, 0.15) is 78.6 Å². The molecule has 0 saturated carbocycles. The van der Waals surface area contributed by atoms with E-state index >= 15 is 14.4 Å². The van der Waals surface area contributed by atoms with Crippen LogP contribution in [0.25, 0.3) is 0 Å². The molecule has 0 bridgehead atoms. The Morgan fingerprint density at radius 2 is 0.786 bits per heavy atom. The highest BCUT2D eigenvalue weighted by atomic mass is 16.8. The van der Waals surface area contributed by atoms with Gasteiger partial charge >= 0.3 is 12.1 Å². The van der Waals surface area contributed by atoms with E-state index in [1.807, 2.05) is 185 Å². The molecule has 6 aliphatic rings. The molecule has 4 amide bonds. The van der Waals surface area contributed by atoms with E-state index in [0.717, 1.165) is 33.4 Å². The van der Waals surface area contributed by atoms with Crippen molar-refractivity contribution in [3.05, 3.63) is 288 Å². The normalized spacial score (nSPS) is 25.8. The third-order valence-corrected chi connectivity index (χ3v) is 21.5. The summed E-state index contributed by atoms with van der Waals surface area (Å²) in [7, 11) is 1.22. The van der Waals surface area contributed by atoms with Crippen molar-refractivity contribution >= 4 is 29.8 Å². The van der Waals surface area contributed by atoms with Gasteiger partial charge in [0.2, 0.25) is 17.7 Å². The number of ether oxygens (including phenoxy) is 12. The monoisotopic (exact) mass is 1520 g/mol. The number of esters is 1. The van der Waals surface area contributed by atoms with Crippen LogP contribution in [0, 0.1) is 0 Å². The first-order chi connectivity index (χ1) is 53.8. The van der Waals surface area contributed by atoms with Gasteiger partial charge in [-0.1, -0.05) is 212 Å². The number of nitrogens with one attached hydrogen (secondary N) is 4. The summed E-state index contributed by atoms with van der Waals surface area (Å²) in [5.74, 6) is -8.15. The standard InChI is InChI=1S/C87H94N8O17/c1-80(2)103-52-67(105-80)71-73-75(111-82(5,6)107-73)84(109-71,92-78(99)66(91-79(100)102-51-56-31-17-10-18-32-56)46-64-50-95(55-89-64)87(60-39-25-14-26-40-60,61-41-27-15-28-42-61)62-43-29-16-30-44-62)47-69(96)90-65(77(98)93-85(48-70(97)101-9)76-74(108-83(7,8)112-76)72(110-85)68-53-104-81(3,4)106-68)45-63-49-94(54-88-63)86(57-33-19-11-20-34-57,58-35-21-12-22-36-58)59-37-23-13-24-38-59/h10-44,49-50,54-55,65-68,71-76H,45-48,51-53H2,1-9H3,(H,90,96)(H,91,100)(H,92,99)(H,93,98)/t65-,66+,67-,68-,71-,72-,73+,74+,75+,76+,84+,85+/m0/s1. The fraction of sp³-hybridized carbons (Fsp3) is 0.391. The summed E-state index contributed by atoms with van der Waals surface area (Å²) in [5, 5.41) is 12.1. The second-order valence-corrected chi connectivity index (χ2v) is 31.1. The molecule has 25 nitrogen and oxygen atoms in total. The van der Waals surface area contributed by atoms with E-state index in [9.17, 15) is 9.59 Å². The van der Waals surface area contributed by atoms with Crippen molar-refractivity contribution in [2.75, 3.05) is 20.3 Å². The van der Waals surface area contributed by atoms with E-state index in [4.69, 9.17) is 66.8 Å². The summed E-state index contributed by atoms with van der Waals surface area (Å²) in [6.45, 7) is 13.8. The Kier molecular flexibility index (Phi) is 21.3. The molecule has 25 heteroatoms. The van der Waals surface area contributed by atoms with E-state index < -0.39 is 149 Å². The van der Waals surface area contributed by atoms with Gasteiger partial charge in [0.25, 0.3) is 0 Å². The molecule has 6 fully saturated rings. The summed E-state index contributed by atoms with van der Waals surface area (Å²) in [6.07, 6.45) is -4.03. The van der Waals surface area contributed by atoms with E-state index in [2.05, 4.69) is 57.7 Å². The zero-order valence-corrected chi connectivity index (χ0v) is 64.0. The van der Waals surface area contributed by atoms with Gasteiger partial charge in [0.15, 0.2) is 34.6 Å². The lowest BCUT2D eigenvalue weighted by molar-refractivity contribution is -0.235. The van der Waals surface area contributed by atoms with Crippen molar-refractivity contribution in [3.8, 4) is 0 Å². The summed E-state index contributed by atoms with van der Waals surface area (Å²) in [4.78, 5) is 87.6. The Balaban J connectivity index is 0.827. The first-order valence-electron chi connectivity index (χ1n) is 37.9. The molecule has 9 aromatic rings. The first kappa shape index (κ1) is 77.0. The van der Waals surface area contributed by atoms with Gasteiger partial charge in [0.05, 0.1) is 57.2 Å². The number of nitrogens with zero attached hydrogens (tertiary/aromatic N) is 4. The maximum absolute atomic E-state index is 16.3. The number of aromatic nitrogens is 4. The highest BCUT2D eigenvalue weighted by Gasteiger charge is 2.69. The van der Waals surface area contributed by atoms with Crippen molar-refractivity contribution in [1.82, 2.24) is 40.4 Å². The summed E-state index contributed by atoms with van der Waals surface area (Å²) in [5.41, 5.74) is 0.421. The van der Waals surface area contributed by atoms with E-state index in [0.29, 0.717) is 17.0 Å². The quantitative estimate of drug-likeness (QED) is 0.0290. The maximum atomic E-state index is 16.3. The van der Waals surface area contributed by atoms with Crippen LogP contribution in [0.15, 0.2) is 237 Å². The van der Waals surface area contributed by atoms with Crippen LogP contribution in [0.3, 0.4) is 0 Å². The lowest BCUT2D eigenvalue weighted by atomic mass is 9.77. The maximum Gasteiger partial charge on any atom is 0.408 e. The SMILES string of the molecule is COC(=O)C[C@@]1(NC(=O)[C@H](Cc2cn(C(c3ccccc3)(c3ccccc3)c3ccccc3)cn2)NC(=O)C[C@@]2(NC(=O)[C@@H](Cc3cn(C(c4ccccc4)(c4ccccc4)c4ccccc4)cn3)NC(=O)OCc3ccccc3)O[C@@H]([C@@H]3COC(C)(C)O3)[C@H]3OC(C)(C)O[C@H]32)O[C@@H]([C@@H]2COC(C)(C)O2)[C@H]2OC(C)(C)O[C@H]21. The van der Waals surface area contributed by atoms with Crippen LogP contribution >= 0.6 is 0 Å². The van der Waals surface area contributed by atoms with E-state index in [1.54, 1.807) is 80.2 Å². The number of benzene rings is 7. The molecule has 8 heterocycles. The molecular weight excluding hydrogens is 1430 g/mol. The molecular formula is C87H94N8O17. The van der Waals surface area contributed by atoms with Crippen LogP contribution in [0.1, 0.15) is 119 Å². The van der Waals surface area contributed by atoms with Crippen molar-refractivity contribution in [2.45, 2.75) is 194 Å². The molecule has 0 unspecified atom stereocenters. The zero-order valence-electron chi connectivity index (χ0n) is 64.0. The molecule has 0 radical (unpaired) electrons. The number of carbonyl (C=O) groups excluding carboxylic acids is 5. The predicted octanol–water partition coefficient (Wildman–Crippen LogP) is 10.0. The van der Waals surface area contributed by atoms with Crippen LogP contribution in [-0.2, 0) is 107 Å². The van der Waals surface area contributed by atoms with Crippen LogP contribution in [0.2, 0.25) is 0 Å². The highest BCUT2D eigenvalue weighted by molar-refractivity contribution is 5.90. The lowest BCUT2D eigenvalue weighted by Crippen LogP contribution is -2.64. The van der Waals surface area contributed by atoms with Gasteiger partial charge in [-0.2, -0.15) is 0 Å². The molecule has 12 atom stereocenters. The predicted molar refractivity (Wildman–Crippen MR) is 407 cm³/mol. The average molecular weight is 1520 g/mol. The number of fused-ring (bicyclic) bond motifs is 2. The van der Waals surface area contributed by atoms with Crippen LogP contribution in [0.5, 0.6) is 0 Å². The number of rotatable bonds is 26. The van der Waals surface area contributed by atoms with E-state index in [1.165, 1.54) is 7.11 Å². The van der Waals surface area contributed by atoms with Gasteiger partial charge in [-0.05, 0) is 94.3 Å². The third kappa shape index (κ3) is 15.5. The molecule has 4 N–H and O–H groups in total. The summed E-state index contributed by atoms with van der Waals surface area (Å²) >= 11 is 0. The van der Waals surface area contributed by atoms with Crippen molar-refractivity contribution < 1.29 is 80.8 Å². The van der Waals surface area contributed by atoms with E-state index in [-0.39, 0.29) is 32.7 Å². The zero-order chi connectivity index (χ0) is 78.3. The molecule has 0 spiro atoms. The number of alkyl carbamates (subject to hydrolysis) is 1. The Hall–Kier alpha value is -10.3. The first-order valence-corrected chi connectivity index (χ1v) is 37.9. The fourth-order valence-corrected chi connectivity index (χ4v) is 16.8. The van der Waals surface area contributed by atoms with Gasteiger partial charge < -0.3 is 87.2 Å². The molecule has 6 aliphatic heterocycles. The molecule has 112 heavy (non-hydrogen) atoms. The number of carbonyl (C=O) groups is 5. The fourth-order valence-electron chi connectivity index (χ4n) is 16.8. The largest absolute Gasteiger partial charge is 0.469 e. The number of hydrogen-bond donors (Lipinski definition) is 4. The second kappa shape index (κ2) is 31.0. The molecule has 6 saturated heterocycles. The van der Waals surface area contributed by atoms with Gasteiger partial charge in [-0.3, -0.25) is 19.2 Å². The van der Waals surface area contributed by atoms with Crippen molar-refractivity contribution in [3.63, 3.8) is 0 Å². The average Bonchev–Trinajstić information content (AvgIpc) is 1.66. The highest BCUT2D eigenvalue weighted by Crippen LogP contribution is 2.51. The minimum Gasteiger partial charge on any atom is -0.469 e. The second-order valence-electron chi connectivity index (χ2n) is 31.1. The summed E-state index contributed by atoms with van der Waals surface area (Å²) < 4.78 is 81.4. The van der Waals surface area contributed by atoms with Gasteiger partial charge in [0, 0.05) is 25.2 Å². The third-order valence-electron chi connectivity index (χ3n) is 21.5.